The molecule has 0 aliphatic carbocycles. The number of nitrogens with one attached hydrogen (secondary N) is 1. The molecule has 1 aliphatic heterocycles. The molecule has 3 nitrogen and oxygen atoms in total. The predicted octanol–water partition coefficient (Wildman–Crippen LogP) is 3.22. The molecule has 0 aromatic heterocycles. The third-order valence-electron chi connectivity index (χ3n) is 4.16. The summed E-state index contributed by atoms with van der Waals surface area (Å²) in [6.45, 7) is 5.20. The lowest BCUT2D eigenvalue weighted by Gasteiger charge is -2.33. The molecule has 4 heteroatoms. The molecule has 0 bridgehead atoms. The fourth-order valence-corrected chi connectivity index (χ4v) is 2.79. The first-order valence-corrected chi connectivity index (χ1v) is 8.10. The number of piperidine rings is 1. The summed E-state index contributed by atoms with van der Waals surface area (Å²) in [5, 5.41) is 2.89. The molecule has 1 aromatic carbocycles. The van der Waals surface area contributed by atoms with Gasteiger partial charge in [0.15, 0.2) is 0 Å². The van der Waals surface area contributed by atoms with Crippen LogP contribution in [0.1, 0.15) is 38.2 Å². The minimum absolute atomic E-state index is 0.101. The highest BCUT2D eigenvalue weighted by atomic mass is 19.1. The Labute approximate surface area is 132 Å². The topological polar surface area (TPSA) is 32.3 Å². The monoisotopic (exact) mass is 304 g/mol. The molecular formula is C18H25FN2O. The van der Waals surface area contributed by atoms with Gasteiger partial charge in [-0.25, -0.2) is 4.39 Å². The van der Waals surface area contributed by atoms with Gasteiger partial charge in [0.1, 0.15) is 5.82 Å². The quantitative estimate of drug-likeness (QED) is 0.646. The molecule has 1 atom stereocenters. The van der Waals surface area contributed by atoms with Crippen molar-refractivity contribution in [1.82, 2.24) is 10.2 Å². The van der Waals surface area contributed by atoms with Crippen molar-refractivity contribution in [2.24, 2.45) is 0 Å². The number of hydrogen-bond donors (Lipinski definition) is 1. The van der Waals surface area contributed by atoms with E-state index in [9.17, 15) is 9.18 Å². The molecule has 0 unspecified atom stereocenters. The minimum Gasteiger partial charge on any atom is -0.353 e. The van der Waals surface area contributed by atoms with Gasteiger partial charge >= 0.3 is 0 Å². The summed E-state index contributed by atoms with van der Waals surface area (Å²) in [5.41, 5.74) is 0.818. The van der Waals surface area contributed by atoms with Crippen LogP contribution in [-0.4, -0.2) is 36.5 Å². The first-order valence-electron chi connectivity index (χ1n) is 8.10. The van der Waals surface area contributed by atoms with E-state index in [1.54, 1.807) is 18.2 Å². The lowest BCUT2D eigenvalue weighted by Crippen LogP contribution is -2.39. The molecule has 0 spiro atoms. The second-order valence-corrected chi connectivity index (χ2v) is 5.91. The van der Waals surface area contributed by atoms with Crippen molar-refractivity contribution < 1.29 is 9.18 Å². The minimum atomic E-state index is -0.270. The molecule has 120 valence electrons. The molecule has 2 rings (SSSR count). The van der Waals surface area contributed by atoms with E-state index in [4.69, 9.17) is 0 Å². The largest absolute Gasteiger partial charge is 0.353 e. The Balaban J connectivity index is 1.64. The number of amides is 1. The second kappa shape index (κ2) is 8.69. The first kappa shape index (κ1) is 16.7. The third kappa shape index (κ3) is 5.60. The van der Waals surface area contributed by atoms with E-state index < -0.39 is 0 Å². The lowest BCUT2D eigenvalue weighted by atomic mass is 10.0. The Kier molecular flexibility index (Phi) is 6.59. The molecule has 0 radical (unpaired) electrons. The summed E-state index contributed by atoms with van der Waals surface area (Å²) in [5.74, 6) is -0.371. The summed E-state index contributed by atoms with van der Waals surface area (Å²) in [6.07, 6.45) is 8.07. The maximum atomic E-state index is 12.8. The van der Waals surface area contributed by atoms with Gasteiger partial charge in [0, 0.05) is 25.2 Å². The van der Waals surface area contributed by atoms with Crippen LogP contribution in [0.5, 0.6) is 0 Å². The molecule has 1 heterocycles. The molecule has 1 aliphatic rings. The summed E-state index contributed by atoms with van der Waals surface area (Å²) in [4.78, 5) is 14.2. The molecule has 1 aromatic rings. The van der Waals surface area contributed by atoms with Crippen LogP contribution in [0, 0.1) is 5.82 Å². The van der Waals surface area contributed by atoms with E-state index in [0.29, 0.717) is 12.6 Å². The van der Waals surface area contributed by atoms with Gasteiger partial charge in [-0.1, -0.05) is 18.6 Å². The van der Waals surface area contributed by atoms with E-state index in [1.165, 1.54) is 44.0 Å². The smallest absolute Gasteiger partial charge is 0.243 e. The van der Waals surface area contributed by atoms with Crippen molar-refractivity contribution in [2.45, 2.75) is 38.6 Å². The van der Waals surface area contributed by atoms with E-state index in [1.807, 2.05) is 0 Å². The Hall–Kier alpha value is -1.68. The van der Waals surface area contributed by atoms with Crippen LogP contribution in [0.15, 0.2) is 30.3 Å². The summed E-state index contributed by atoms with van der Waals surface area (Å²) in [6, 6.07) is 6.74. The Morgan fingerprint density at radius 2 is 2.14 bits per heavy atom. The highest BCUT2D eigenvalue weighted by Crippen LogP contribution is 2.16. The van der Waals surface area contributed by atoms with Crippen LogP contribution in [0.2, 0.25) is 0 Å². The van der Waals surface area contributed by atoms with E-state index in [0.717, 1.165) is 18.5 Å². The van der Waals surface area contributed by atoms with Crippen LogP contribution >= 0.6 is 0 Å². The van der Waals surface area contributed by atoms with Gasteiger partial charge in [-0.3, -0.25) is 4.79 Å². The lowest BCUT2D eigenvalue weighted by molar-refractivity contribution is -0.116. The van der Waals surface area contributed by atoms with Gasteiger partial charge in [-0.05, 0) is 56.5 Å². The van der Waals surface area contributed by atoms with Gasteiger partial charge in [0.05, 0.1) is 0 Å². The standard InChI is InChI=1S/C18H25FN2O/c1-15-5-2-3-13-21(15)14-4-12-20-18(22)11-8-16-6-9-17(19)10-7-16/h6-11,15H,2-5,12-14H2,1H3,(H,20,22)/b11-8+/t15-/m0/s1. The maximum absolute atomic E-state index is 12.8. The van der Waals surface area contributed by atoms with Gasteiger partial charge in [0.2, 0.25) is 5.91 Å². The number of carbonyl (C=O) groups excluding carboxylic acids is 1. The maximum Gasteiger partial charge on any atom is 0.243 e. The predicted molar refractivity (Wildman–Crippen MR) is 87.9 cm³/mol. The Bertz CT molecular complexity index is 498. The zero-order valence-corrected chi connectivity index (χ0v) is 13.2. The Morgan fingerprint density at radius 1 is 1.36 bits per heavy atom. The van der Waals surface area contributed by atoms with Gasteiger partial charge < -0.3 is 10.2 Å². The van der Waals surface area contributed by atoms with Gasteiger partial charge in [-0.2, -0.15) is 0 Å². The van der Waals surface area contributed by atoms with Crippen molar-refractivity contribution in [3.05, 3.63) is 41.7 Å². The molecule has 1 N–H and O–H groups in total. The van der Waals surface area contributed by atoms with Crippen molar-refractivity contribution in [3.63, 3.8) is 0 Å². The Morgan fingerprint density at radius 3 is 2.86 bits per heavy atom. The number of likely N-dealkylation sites (tertiary alicyclic amines) is 1. The number of nitrogens with zero attached hydrogens (tertiary/aromatic N) is 1. The number of carbonyl (C=O) groups is 1. The van der Waals surface area contributed by atoms with Crippen LogP contribution in [0.4, 0.5) is 4.39 Å². The van der Waals surface area contributed by atoms with E-state index in [-0.39, 0.29) is 11.7 Å². The van der Waals surface area contributed by atoms with Crippen LogP contribution in [0.25, 0.3) is 6.08 Å². The fourth-order valence-electron chi connectivity index (χ4n) is 2.79. The highest BCUT2D eigenvalue weighted by molar-refractivity contribution is 5.91. The average Bonchev–Trinajstić information content (AvgIpc) is 2.52. The van der Waals surface area contributed by atoms with Crippen molar-refractivity contribution in [2.75, 3.05) is 19.6 Å². The second-order valence-electron chi connectivity index (χ2n) is 5.91. The normalized spacial score (nSPS) is 19.5. The molecular weight excluding hydrogens is 279 g/mol. The molecule has 1 amide bonds. The zero-order chi connectivity index (χ0) is 15.8. The number of halogens is 1. The number of rotatable bonds is 6. The number of benzene rings is 1. The molecule has 1 saturated heterocycles. The van der Waals surface area contributed by atoms with Crippen LogP contribution < -0.4 is 5.32 Å². The van der Waals surface area contributed by atoms with Gasteiger partial charge in [0.25, 0.3) is 0 Å². The van der Waals surface area contributed by atoms with Gasteiger partial charge in [-0.15, -0.1) is 0 Å². The average molecular weight is 304 g/mol. The summed E-state index contributed by atoms with van der Waals surface area (Å²) >= 11 is 0. The molecule has 1 fully saturated rings. The third-order valence-corrected chi connectivity index (χ3v) is 4.16. The zero-order valence-electron chi connectivity index (χ0n) is 13.2. The van der Waals surface area contributed by atoms with E-state index in [2.05, 4.69) is 17.1 Å². The van der Waals surface area contributed by atoms with Crippen LogP contribution in [0.3, 0.4) is 0 Å². The summed E-state index contributed by atoms with van der Waals surface area (Å²) in [7, 11) is 0. The summed E-state index contributed by atoms with van der Waals surface area (Å²) < 4.78 is 12.8. The van der Waals surface area contributed by atoms with Crippen molar-refractivity contribution in [1.29, 1.82) is 0 Å². The highest BCUT2D eigenvalue weighted by Gasteiger charge is 2.16. The van der Waals surface area contributed by atoms with Crippen LogP contribution in [-0.2, 0) is 4.79 Å². The SMILES string of the molecule is C[C@H]1CCCCN1CCCNC(=O)/C=C/c1ccc(F)cc1. The van der Waals surface area contributed by atoms with E-state index >= 15 is 0 Å². The van der Waals surface area contributed by atoms with Crippen molar-refractivity contribution in [3.8, 4) is 0 Å². The molecule has 22 heavy (non-hydrogen) atoms. The molecule has 0 saturated carbocycles. The fraction of sp³-hybridized carbons (Fsp3) is 0.500. The first-order chi connectivity index (χ1) is 10.6. The van der Waals surface area contributed by atoms with Crippen molar-refractivity contribution >= 4 is 12.0 Å². The number of hydrogen-bond acceptors (Lipinski definition) is 2.